The van der Waals surface area contributed by atoms with Crippen molar-refractivity contribution in [3.05, 3.63) is 37.5 Å². The predicted octanol–water partition coefficient (Wildman–Crippen LogP) is 1.86. The Balaban J connectivity index is 0. The molecule has 0 saturated heterocycles. The molecule has 2 atom stereocenters. The summed E-state index contributed by atoms with van der Waals surface area (Å²) in [6.07, 6.45) is 4.89. The topological polar surface area (TPSA) is 83.8 Å². The van der Waals surface area contributed by atoms with Crippen LogP contribution < -0.4 is 0 Å². The first-order valence-electron chi connectivity index (χ1n) is 4.88. The molecule has 0 aliphatic carbocycles. The zero-order valence-corrected chi connectivity index (χ0v) is 10.00. The number of carboxylic acid groups (broad SMARTS) is 2. The van der Waals surface area contributed by atoms with E-state index in [1.807, 2.05) is 13.8 Å². The molecule has 0 aromatic heterocycles. The highest BCUT2D eigenvalue weighted by Gasteiger charge is 1.98. The molecule has 5 heteroatoms. The molecule has 0 aliphatic heterocycles. The van der Waals surface area contributed by atoms with Crippen molar-refractivity contribution in [1.29, 1.82) is 0 Å². The van der Waals surface area contributed by atoms with E-state index >= 15 is 0 Å². The van der Waals surface area contributed by atoms with Crippen LogP contribution in [0.25, 0.3) is 0 Å². The fraction of sp³-hybridized carbons (Fsp3) is 0.333. The summed E-state index contributed by atoms with van der Waals surface area (Å²) in [7, 11) is 0. The van der Waals surface area contributed by atoms with E-state index in [2.05, 4.69) is 13.2 Å². The lowest BCUT2D eigenvalue weighted by molar-refractivity contribution is -0.134. The second-order valence-electron chi connectivity index (χ2n) is 3.03. The molecule has 0 aromatic rings. The van der Waals surface area contributed by atoms with Crippen molar-refractivity contribution in [2.45, 2.75) is 26.1 Å². The van der Waals surface area contributed by atoms with Gasteiger partial charge in [-0.2, -0.15) is 0 Å². The molecule has 0 aliphatic rings. The highest BCUT2D eigenvalue weighted by Crippen LogP contribution is 1.98. The molecule has 0 heterocycles. The third-order valence-electron chi connectivity index (χ3n) is 1.46. The second kappa shape index (κ2) is 10.6. The number of ether oxygens (including phenoxy) is 1. The molecule has 0 fully saturated rings. The van der Waals surface area contributed by atoms with Crippen molar-refractivity contribution >= 4 is 11.9 Å². The van der Waals surface area contributed by atoms with Gasteiger partial charge >= 0.3 is 11.9 Å². The normalized spacial score (nSPS) is 13.1. The second-order valence-corrected chi connectivity index (χ2v) is 3.03. The van der Waals surface area contributed by atoms with Gasteiger partial charge < -0.3 is 14.9 Å². The Labute approximate surface area is 101 Å². The van der Waals surface area contributed by atoms with Gasteiger partial charge in [0.1, 0.15) is 0 Å². The van der Waals surface area contributed by atoms with Crippen molar-refractivity contribution in [1.82, 2.24) is 0 Å². The van der Waals surface area contributed by atoms with Gasteiger partial charge in [0.05, 0.1) is 12.2 Å². The summed E-state index contributed by atoms with van der Waals surface area (Å²) in [4.78, 5) is 19.1. The fourth-order valence-corrected chi connectivity index (χ4v) is 0.592. The Hall–Kier alpha value is -1.88. The minimum Gasteiger partial charge on any atom is -0.478 e. The van der Waals surface area contributed by atoms with E-state index in [0.29, 0.717) is 12.2 Å². The van der Waals surface area contributed by atoms with E-state index < -0.39 is 11.9 Å². The molecule has 5 nitrogen and oxygen atoms in total. The third kappa shape index (κ3) is 16.8. The molecule has 96 valence electrons. The van der Waals surface area contributed by atoms with Crippen molar-refractivity contribution in [2.24, 2.45) is 0 Å². The predicted molar refractivity (Wildman–Crippen MR) is 64.8 cm³/mol. The van der Waals surface area contributed by atoms with Crippen molar-refractivity contribution in [3.63, 3.8) is 0 Å². The van der Waals surface area contributed by atoms with Gasteiger partial charge in [-0.05, 0) is 13.8 Å². The van der Waals surface area contributed by atoms with Gasteiger partial charge in [0.2, 0.25) is 0 Å². The van der Waals surface area contributed by atoms with Crippen molar-refractivity contribution < 1.29 is 24.5 Å². The largest absolute Gasteiger partial charge is 0.478 e. The van der Waals surface area contributed by atoms with Crippen LogP contribution in [0.2, 0.25) is 0 Å². The number of rotatable bonds is 6. The van der Waals surface area contributed by atoms with E-state index in [-0.39, 0.29) is 12.2 Å². The van der Waals surface area contributed by atoms with Crippen molar-refractivity contribution in [2.75, 3.05) is 0 Å². The van der Waals surface area contributed by atoms with E-state index in [1.165, 1.54) is 0 Å². The molecule has 0 saturated carbocycles. The highest BCUT2D eigenvalue weighted by molar-refractivity contribution is 5.89. The van der Waals surface area contributed by atoms with Crippen LogP contribution in [0.3, 0.4) is 0 Å². The first-order valence-corrected chi connectivity index (χ1v) is 4.88. The lowest BCUT2D eigenvalue weighted by atomic mass is 10.3. The van der Waals surface area contributed by atoms with Gasteiger partial charge in [0.15, 0.2) is 0 Å². The molecular formula is C12H18O5. The van der Waals surface area contributed by atoms with Crippen LogP contribution in [-0.4, -0.2) is 34.4 Å². The van der Waals surface area contributed by atoms with Crippen LogP contribution in [0, 0.1) is 0 Å². The first kappa shape index (κ1) is 17.5. The van der Waals surface area contributed by atoms with E-state index in [9.17, 15) is 9.59 Å². The van der Waals surface area contributed by atoms with Crippen molar-refractivity contribution in [3.8, 4) is 0 Å². The molecular weight excluding hydrogens is 224 g/mol. The Morgan fingerprint density at radius 1 is 1.00 bits per heavy atom. The zero-order chi connectivity index (χ0) is 13.8. The molecule has 0 bridgehead atoms. The molecule has 0 aromatic carbocycles. The average Bonchev–Trinajstić information content (AvgIpc) is 2.26. The van der Waals surface area contributed by atoms with Crippen LogP contribution in [0.1, 0.15) is 13.8 Å². The molecule has 0 amide bonds. The summed E-state index contributed by atoms with van der Waals surface area (Å²) in [6, 6.07) is 0. The summed E-state index contributed by atoms with van der Waals surface area (Å²) >= 11 is 0. The average molecular weight is 242 g/mol. The molecule has 0 radical (unpaired) electrons. The smallest absolute Gasteiger partial charge is 0.328 e. The maximum absolute atomic E-state index is 9.55. The van der Waals surface area contributed by atoms with Gasteiger partial charge in [0.25, 0.3) is 0 Å². The maximum atomic E-state index is 9.55. The lowest BCUT2D eigenvalue weighted by Gasteiger charge is -2.11. The Morgan fingerprint density at radius 2 is 1.29 bits per heavy atom. The van der Waals surface area contributed by atoms with Gasteiger partial charge in [-0.25, -0.2) is 9.59 Å². The fourth-order valence-electron chi connectivity index (χ4n) is 0.592. The quantitative estimate of drug-likeness (QED) is 0.548. The summed E-state index contributed by atoms with van der Waals surface area (Å²) < 4.78 is 5.31. The summed E-state index contributed by atoms with van der Waals surface area (Å²) in [5.41, 5.74) is 0. The summed E-state index contributed by atoms with van der Waals surface area (Å²) in [6.45, 7) is 11.1. The molecule has 2 N–H and O–H groups in total. The Morgan fingerprint density at radius 3 is 1.47 bits per heavy atom. The van der Waals surface area contributed by atoms with Crippen LogP contribution in [0.4, 0.5) is 0 Å². The standard InChI is InChI=1S/C8H14O.C4H4O4/c1-5-7(3)9-8(4)6-2;5-3(6)1-2-4(7)8/h5-8H,1-2H2,3-4H3;1-2H,(H,5,6)(H,7,8). The molecule has 17 heavy (non-hydrogen) atoms. The Bertz CT molecular complexity index is 265. The number of hydrogen-bond acceptors (Lipinski definition) is 3. The minimum atomic E-state index is -1.26. The zero-order valence-electron chi connectivity index (χ0n) is 10.00. The lowest BCUT2D eigenvalue weighted by Crippen LogP contribution is -2.11. The highest BCUT2D eigenvalue weighted by atomic mass is 16.5. The summed E-state index contributed by atoms with van der Waals surface area (Å²) in [5.74, 6) is -2.51. The van der Waals surface area contributed by atoms with Gasteiger partial charge in [-0.15, -0.1) is 13.2 Å². The van der Waals surface area contributed by atoms with Gasteiger partial charge in [-0.1, -0.05) is 12.2 Å². The SMILES string of the molecule is C=CC(C)OC(C)C=C.O=C(O)C=CC(=O)O. The number of carbonyl (C=O) groups is 2. The monoisotopic (exact) mass is 242 g/mol. The van der Waals surface area contributed by atoms with E-state index in [4.69, 9.17) is 14.9 Å². The van der Waals surface area contributed by atoms with Crippen LogP contribution in [0.15, 0.2) is 37.5 Å². The van der Waals surface area contributed by atoms with E-state index in [1.54, 1.807) is 12.2 Å². The molecule has 0 spiro atoms. The Kier molecular flexibility index (Phi) is 11.0. The minimum absolute atomic E-state index is 0.123. The van der Waals surface area contributed by atoms with Crippen LogP contribution >= 0.6 is 0 Å². The molecule has 2 unspecified atom stereocenters. The first-order chi connectivity index (χ1) is 7.83. The van der Waals surface area contributed by atoms with Gasteiger partial charge in [0, 0.05) is 12.2 Å². The number of aliphatic carboxylic acids is 2. The van der Waals surface area contributed by atoms with Gasteiger partial charge in [-0.3, -0.25) is 0 Å². The van der Waals surface area contributed by atoms with E-state index in [0.717, 1.165) is 0 Å². The number of hydrogen-bond donors (Lipinski definition) is 2. The third-order valence-corrected chi connectivity index (χ3v) is 1.46. The molecule has 0 rings (SSSR count). The van der Waals surface area contributed by atoms with Crippen LogP contribution in [0.5, 0.6) is 0 Å². The maximum Gasteiger partial charge on any atom is 0.328 e. The summed E-state index contributed by atoms with van der Waals surface area (Å²) in [5, 5.41) is 15.6. The van der Waals surface area contributed by atoms with Crippen LogP contribution in [-0.2, 0) is 14.3 Å². The number of carboxylic acids is 2.